The minimum atomic E-state index is -0.606. The highest BCUT2D eigenvalue weighted by atomic mass is 16.7. The average Bonchev–Trinajstić information content (AvgIpc) is 3.46. The molecule has 38 heavy (non-hydrogen) atoms. The van der Waals surface area contributed by atoms with Crippen LogP contribution in [0.1, 0.15) is 12.6 Å². The number of carbonyl (C=O) groups excluding carboxylic acids is 2. The number of esters is 1. The van der Waals surface area contributed by atoms with E-state index >= 15 is 0 Å². The van der Waals surface area contributed by atoms with Crippen LogP contribution in [0, 0.1) is 0 Å². The number of morpholine rings is 1. The second kappa shape index (κ2) is 14.9. The van der Waals surface area contributed by atoms with Gasteiger partial charge in [-0.25, -0.2) is 4.79 Å². The largest absolute Gasteiger partial charge is 0.463 e. The van der Waals surface area contributed by atoms with Crippen LogP contribution >= 0.6 is 0 Å². The summed E-state index contributed by atoms with van der Waals surface area (Å²) in [7, 11) is 0. The van der Waals surface area contributed by atoms with Crippen molar-refractivity contribution < 1.29 is 38.1 Å². The smallest absolute Gasteiger partial charge is 0.347 e. The van der Waals surface area contributed by atoms with Gasteiger partial charge < -0.3 is 33.4 Å². The molecule has 2 aromatic rings. The number of hydrogen-bond donors (Lipinski definition) is 1. The lowest BCUT2D eigenvalue weighted by molar-refractivity contribution is -0.148. The number of nitrogens with zero attached hydrogens (tertiary/aromatic N) is 6. The van der Waals surface area contributed by atoms with Crippen molar-refractivity contribution in [3.63, 3.8) is 0 Å². The standard InChI is InChI=1S/C23H29N7O8/c1-4-10-35-21-25-22(36-11-5-2)27-23(26-21)37-14-16-13-30(9-12-34-16)20(32)19(17-7-8-24-28-17)29-38-15-18(31)33-6-3/h4-5,7-8,16H,1-2,6,9-15H2,3H3,(H,24,28). The van der Waals surface area contributed by atoms with E-state index in [1.165, 1.54) is 11.1 Å². The molecule has 1 N–H and O–H groups in total. The summed E-state index contributed by atoms with van der Waals surface area (Å²) < 4.78 is 27.0. The Morgan fingerprint density at radius 1 is 1.16 bits per heavy atom. The van der Waals surface area contributed by atoms with Crippen molar-refractivity contribution >= 4 is 17.6 Å². The number of amides is 1. The first-order valence-electron chi connectivity index (χ1n) is 11.7. The molecule has 3 rings (SSSR count). The van der Waals surface area contributed by atoms with E-state index in [0.29, 0.717) is 12.2 Å². The second-order valence-corrected chi connectivity index (χ2v) is 7.43. The summed E-state index contributed by atoms with van der Waals surface area (Å²) >= 11 is 0. The van der Waals surface area contributed by atoms with Gasteiger partial charge in [0.25, 0.3) is 5.91 Å². The molecule has 1 fully saturated rings. The van der Waals surface area contributed by atoms with E-state index in [1.807, 2.05) is 0 Å². The SMILES string of the molecule is C=CCOc1nc(OCC=C)nc(OCC2CN(C(=O)C(=NOCC(=O)OCC)c3ccn[nH]3)CCO2)n1. The van der Waals surface area contributed by atoms with Crippen LogP contribution in [0.4, 0.5) is 0 Å². The zero-order valence-corrected chi connectivity index (χ0v) is 20.9. The number of hydrogen-bond acceptors (Lipinski definition) is 13. The Balaban J connectivity index is 1.64. The first-order valence-corrected chi connectivity index (χ1v) is 11.7. The van der Waals surface area contributed by atoms with E-state index in [1.54, 1.807) is 25.1 Å². The van der Waals surface area contributed by atoms with Gasteiger partial charge in [-0.3, -0.25) is 9.89 Å². The van der Waals surface area contributed by atoms with Crippen LogP contribution in [0.25, 0.3) is 0 Å². The maximum atomic E-state index is 13.3. The van der Waals surface area contributed by atoms with E-state index in [4.69, 9.17) is 28.5 Å². The third kappa shape index (κ3) is 8.55. The van der Waals surface area contributed by atoms with Gasteiger partial charge in [-0.05, 0) is 13.0 Å². The number of carbonyl (C=O) groups is 2. The van der Waals surface area contributed by atoms with Crippen LogP contribution in [0.15, 0.2) is 42.7 Å². The summed E-state index contributed by atoms with van der Waals surface area (Å²) in [5, 5.41) is 10.4. The average molecular weight is 532 g/mol. The molecule has 3 heterocycles. The van der Waals surface area contributed by atoms with E-state index in [9.17, 15) is 9.59 Å². The number of aromatic nitrogens is 5. The van der Waals surface area contributed by atoms with Gasteiger partial charge in [-0.15, -0.1) is 15.0 Å². The van der Waals surface area contributed by atoms with Gasteiger partial charge in [-0.1, -0.05) is 30.5 Å². The van der Waals surface area contributed by atoms with Crippen molar-refractivity contribution in [3.05, 3.63) is 43.3 Å². The zero-order chi connectivity index (χ0) is 27.2. The Morgan fingerprint density at radius 3 is 2.45 bits per heavy atom. The summed E-state index contributed by atoms with van der Waals surface area (Å²) in [6.45, 7) is 9.70. The second-order valence-electron chi connectivity index (χ2n) is 7.43. The molecule has 1 amide bonds. The third-order valence-electron chi connectivity index (χ3n) is 4.66. The summed E-state index contributed by atoms with van der Waals surface area (Å²) in [6.07, 6.45) is 4.04. The van der Waals surface area contributed by atoms with Crippen molar-refractivity contribution in [2.24, 2.45) is 5.16 Å². The summed E-state index contributed by atoms with van der Waals surface area (Å²) in [5.41, 5.74) is 0.265. The monoisotopic (exact) mass is 531 g/mol. The topological polar surface area (TPSA) is 172 Å². The lowest BCUT2D eigenvalue weighted by Crippen LogP contribution is -2.50. The van der Waals surface area contributed by atoms with Gasteiger partial charge in [0.05, 0.1) is 25.5 Å². The van der Waals surface area contributed by atoms with Crippen LogP contribution in [-0.4, -0.2) is 106 Å². The Hall–Kier alpha value is -4.53. The lowest BCUT2D eigenvalue weighted by Gasteiger charge is -2.32. The number of oxime groups is 1. The van der Waals surface area contributed by atoms with E-state index in [-0.39, 0.29) is 63.3 Å². The van der Waals surface area contributed by atoms with Gasteiger partial charge in [-0.2, -0.15) is 5.10 Å². The molecule has 1 atom stereocenters. The number of ether oxygens (including phenoxy) is 5. The number of aromatic amines is 1. The first kappa shape index (κ1) is 28.0. The van der Waals surface area contributed by atoms with Crippen LogP contribution in [0.2, 0.25) is 0 Å². The molecule has 2 aromatic heterocycles. The summed E-state index contributed by atoms with van der Waals surface area (Å²) in [6, 6.07) is 1.51. The predicted molar refractivity (Wildman–Crippen MR) is 131 cm³/mol. The Kier molecular flexibility index (Phi) is 11.0. The van der Waals surface area contributed by atoms with Crippen molar-refractivity contribution in [1.29, 1.82) is 0 Å². The summed E-state index contributed by atoms with van der Waals surface area (Å²) in [5.74, 6) is -1.06. The third-order valence-corrected chi connectivity index (χ3v) is 4.66. The zero-order valence-electron chi connectivity index (χ0n) is 20.9. The number of nitrogens with one attached hydrogen (secondary N) is 1. The van der Waals surface area contributed by atoms with Gasteiger partial charge in [0.1, 0.15) is 25.9 Å². The molecular formula is C23H29N7O8. The molecule has 204 valence electrons. The Morgan fingerprint density at radius 2 is 1.84 bits per heavy atom. The van der Waals surface area contributed by atoms with E-state index < -0.39 is 24.6 Å². The molecule has 15 heteroatoms. The van der Waals surface area contributed by atoms with Crippen LogP contribution < -0.4 is 14.2 Å². The van der Waals surface area contributed by atoms with Crippen molar-refractivity contribution in [2.45, 2.75) is 13.0 Å². The molecule has 0 spiro atoms. The fourth-order valence-corrected chi connectivity index (χ4v) is 3.05. The van der Waals surface area contributed by atoms with E-state index in [0.717, 1.165) is 0 Å². The van der Waals surface area contributed by atoms with Crippen LogP contribution in [0.5, 0.6) is 18.0 Å². The van der Waals surface area contributed by atoms with Gasteiger partial charge in [0.15, 0.2) is 5.71 Å². The molecule has 1 unspecified atom stereocenters. The quantitative estimate of drug-likeness (QED) is 0.144. The molecule has 0 aromatic carbocycles. The summed E-state index contributed by atoms with van der Waals surface area (Å²) in [4.78, 5) is 43.7. The highest BCUT2D eigenvalue weighted by Gasteiger charge is 2.30. The molecule has 1 aliphatic heterocycles. The van der Waals surface area contributed by atoms with Crippen LogP contribution in [-0.2, 0) is 23.9 Å². The van der Waals surface area contributed by atoms with Gasteiger partial charge in [0.2, 0.25) is 6.61 Å². The maximum absolute atomic E-state index is 13.3. The molecule has 1 aliphatic rings. The van der Waals surface area contributed by atoms with Crippen LogP contribution in [0.3, 0.4) is 0 Å². The molecule has 15 nitrogen and oxygen atoms in total. The first-order chi connectivity index (χ1) is 18.5. The van der Waals surface area contributed by atoms with Gasteiger partial charge >= 0.3 is 24.0 Å². The molecule has 0 saturated carbocycles. The highest BCUT2D eigenvalue weighted by Crippen LogP contribution is 2.16. The minimum absolute atomic E-state index is 0.00134. The fourth-order valence-electron chi connectivity index (χ4n) is 3.05. The fraction of sp³-hybridized carbons (Fsp3) is 0.435. The predicted octanol–water partition coefficient (Wildman–Crippen LogP) is 0.315. The normalized spacial score (nSPS) is 15.3. The van der Waals surface area contributed by atoms with Gasteiger partial charge in [0, 0.05) is 12.7 Å². The molecular weight excluding hydrogens is 502 g/mol. The number of rotatable bonds is 15. The van der Waals surface area contributed by atoms with Crippen molar-refractivity contribution in [1.82, 2.24) is 30.0 Å². The lowest BCUT2D eigenvalue weighted by atomic mass is 10.2. The molecule has 0 radical (unpaired) electrons. The molecule has 1 saturated heterocycles. The molecule has 0 bridgehead atoms. The van der Waals surface area contributed by atoms with E-state index in [2.05, 4.69) is 43.5 Å². The highest BCUT2D eigenvalue weighted by molar-refractivity contribution is 6.44. The maximum Gasteiger partial charge on any atom is 0.347 e. The number of H-pyrrole nitrogens is 1. The minimum Gasteiger partial charge on any atom is -0.463 e. The molecule has 0 aliphatic carbocycles. The van der Waals surface area contributed by atoms with Crippen molar-refractivity contribution in [2.75, 3.05) is 52.7 Å². The Labute approximate surface area is 218 Å². The van der Waals surface area contributed by atoms with Crippen molar-refractivity contribution in [3.8, 4) is 18.0 Å². The Bertz CT molecular complexity index is 1080.